The molecule has 2 atom stereocenters. The van der Waals surface area contributed by atoms with E-state index in [1.54, 1.807) is 0 Å². The van der Waals surface area contributed by atoms with Crippen molar-refractivity contribution in [2.45, 2.75) is 60.3 Å². The van der Waals surface area contributed by atoms with Crippen molar-refractivity contribution in [1.82, 2.24) is 0 Å². The van der Waals surface area contributed by atoms with Gasteiger partial charge in [0.2, 0.25) is 0 Å². The van der Waals surface area contributed by atoms with Crippen LogP contribution >= 0.6 is 0 Å². The Morgan fingerprint density at radius 3 is 2.00 bits per heavy atom. The molecule has 13 heavy (non-hydrogen) atoms. The Morgan fingerprint density at radius 1 is 1.23 bits per heavy atom. The van der Waals surface area contributed by atoms with Crippen molar-refractivity contribution < 1.29 is 0 Å². The summed E-state index contributed by atoms with van der Waals surface area (Å²) >= 11 is 0. The van der Waals surface area contributed by atoms with Gasteiger partial charge in [0.1, 0.15) is 0 Å². The van der Waals surface area contributed by atoms with Crippen LogP contribution in [0.1, 0.15) is 60.3 Å². The van der Waals surface area contributed by atoms with Crippen LogP contribution in [0.4, 0.5) is 0 Å². The fourth-order valence-electron chi connectivity index (χ4n) is 2.91. The Balaban J connectivity index is 2.72. The summed E-state index contributed by atoms with van der Waals surface area (Å²) in [7, 11) is 0. The molecule has 0 aliphatic heterocycles. The molecule has 0 N–H and O–H groups in total. The van der Waals surface area contributed by atoms with Crippen LogP contribution in [-0.4, -0.2) is 0 Å². The zero-order valence-corrected chi connectivity index (χ0v) is 10.1. The third-order valence-electron chi connectivity index (χ3n) is 4.90. The maximum absolute atomic E-state index is 2.52. The average molecular weight is 182 g/mol. The van der Waals surface area contributed by atoms with Gasteiger partial charge in [-0.05, 0) is 36.0 Å². The largest absolute Gasteiger partial charge is 0.0651 e. The van der Waals surface area contributed by atoms with Gasteiger partial charge in [-0.3, -0.25) is 0 Å². The van der Waals surface area contributed by atoms with Gasteiger partial charge in [0.05, 0.1) is 0 Å². The van der Waals surface area contributed by atoms with Crippen molar-refractivity contribution in [2.24, 2.45) is 23.2 Å². The maximum atomic E-state index is 2.52. The first-order chi connectivity index (χ1) is 6.03. The van der Waals surface area contributed by atoms with Gasteiger partial charge in [0, 0.05) is 0 Å². The summed E-state index contributed by atoms with van der Waals surface area (Å²) in [5.74, 6) is 2.74. The summed E-state index contributed by atoms with van der Waals surface area (Å²) < 4.78 is 0. The molecule has 0 radical (unpaired) electrons. The van der Waals surface area contributed by atoms with Crippen LogP contribution in [0.25, 0.3) is 0 Å². The summed E-state index contributed by atoms with van der Waals surface area (Å²) in [4.78, 5) is 0. The maximum Gasteiger partial charge on any atom is -0.0249 e. The van der Waals surface area contributed by atoms with Gasteiger partial charge >= 0.3 is 0 Å². The van der Waals surface area contributed by atoms with E-state index in [2.05, 4.69) is 34.6 Å². The highest BCUT2D eigenvalue weighted by atomic mass is 14.5. The van der Waals surface area contributed by atoms with Crippen LogP contribution in [0.5, 0.6) is 0 Å². The van der Waals surface area contributed by atoms with Gasteiger partial charge in [-0.15, -0.1) is 0 Å². The molecule has 0 aromatic rings. The number of rotatable bonds is 4. The molecule has 0 aromatic carbocycles. The Morgan fingerprint density at radius 2 is 1.77 bits per heavy atom. The zero-order chi connectivity index (χ0) is 10.1. The molecule has 0 nitrogen and oxygen atoms in total. The van der Waals surface area contributed by atoms with E-state index in [1.165, 1.54) is 25.7 Å². The molecule has 1 saturated carbocycles. The van der Waals surface area contributed by atoms with Crippen molar-refractivity contribution in [1.29, 1.82) is 0 Å². The third kappa shape index (κ3) is 1.78. The van der Waals surface area contributed by atoms with Crippen molar-refractivity contribution >= 4 is 0 Å². The second-order valence-electron chi connectivity index (χ2n) is 5.46. The number of hydrogen-bond acceptors (Lipinski definition) is 0. The van der Waals surface area contributed by atoms with Crippen molar-refractivity contribution in [3.05, 3.63) is 0 Å². The van der Waals surface area contributed by atoms with E-state index in [0.717, 1.165) is 17.8 Å². The lowest BCUT2D eigenvalue weighted by atomic mass is 9.55. The Kier molecular flexibility index (Phi) is 3.43. The molecule has 1 aliphatic rings. The predicted octanol–water partition coefficient (Wildman–Crippen LogP) is 4.49. The van der Waals surface area contributed by atoms with Gasteiger partial charge in [0.25, 0.3) is 0 Å². The van der Waals surface area contributed by atoms with Gasteiger partial charge in [-0.25, -0.2) is 0 Å². The van der Waals surface area contributed by atoms with E-state index in [0.29, 0.717) is 5.41 Å². The van der Waals surface area contributed by atoms with Crippen molar-refractivity contribution in [2.75, 3.05) is 0 Å². The SMILES string of the molecule is CCC(C)C(C)(C(C)C)C1CCC1. The van der Waals surface area contributed by atoms with E-state index in [4.69, 9.17) is 0 Å². The summed E-state index contributed by atoms with van der Waals surface area (Å²) in [5.41, 5.74) is 0.604. The zero-order valence-electron chi connectivity index (χ0n) is 10.1. The highest BCUT2D eigenvalue weighted by Crippen LogP contribution is 2.51. The quantitative estimate of drug-likeness (QED) is 0.600. The van der Waals surface area contributed by atoms with Crippen LogP contribution in [-0.2, 0) is 0 Å². The van der Waals surface area contributed by atoms with Crippen LogP contribution in [0.3, 0.4) is 0 Å². The minimum atomic E-state index is 0.604. The monoisotopic (exact) mass is 182 g/mol. The summed E-state index contributed by atoms with van der Waals surface area (Å²) in [5, 5.41) is 0. The first-order valence-electron chi connectivity index (χ1n) is 6.03. The average Bonchev–Trinajstić information content (AvgIpc) is 1.99. The molecular formula is C13H26. The lowest BCUT2D eigenvalue weighted by molar-refractivity contribution is -0.00276. The minimum Gasteiger partial charge on any atom is -0.0651 e. The standard InChI is InChI=1S/C13H26/c1-6-11(4)13(5,10(2)3)12-8-7-9-12/h10-12H,6-9H2,1-5H3. The van der Waals surface area contributed by atoms with Crippen LogP contribution in [0.2, 0.25) is 0 Å². The van der Waals surface area contributed by atoms with E-state index >= 15 is 0 Å². The summed E-state index contributed by atoms with van der Waals surface area (Å²) in [6.07, 6.45) is 5.78. The fraction of sp³-hybridized carbons (Fsp3) is 1.00. The van der Waals surface area contributed by atoms with E-state index in [1.807, 2.05) is 0 Å². The molecular weight excluding hydrogens is 156 g/mol. The minimum absolute atomic E-state index is 0.604. The first kappa shape index (κ1) is 11.1. The molecule has 0 bridgehead atoms. The summed E-state index contributed by atoms with van der Waals surface area (Å²) in [6.45, 7) is 12.1. The Bertz CT molecular complexity index is 149. The van der Waals surface area contributed by atoms with E-state index in [9.17, 15) is 0 Å². The van der Waals surface area contributed by atoms with Crippen LogP contribution in [0.15, 0.2) is 0 Å². The molecule has 0 heterocycles. The molecule has 1 aliphatic carbocycles. The lowest BCUT2D eigenvalue weighted by Gasteiger charge is -2.50. The predicted molar refractivity (Wildman–Crippen MR) is 59.7 cm³/mol. The number of hydrogen-bond donors (Lipinski definition) is 0. The first-order valence-corrected chi connectivity index (χ1v) is 6.03. The second-order valence-corrected chi connectivity index (χ2v) is 5.46. The molecule has 0 heteroatoms. The Hall–Kier alpha value is 0. The van der Waals surface area contributed by atoms with E-state index < -0.39 is 0 Å². The molecule has 2 unspecified atom stereocenters. The topological polar surface area (TPSA) is 0 Å². The van der Waals surface area contributed by atoms with Crippen molar-refractivity contribution in [3.8, 4) is 0 Å². The highest BCUT2D eigenvalue weighted by Gasteiger charge is 2.43. The van der Waals surface area contributed by atoms with Crippen LogP contribution < -0.4 is 0 Å². The van der Waals surface area contributed by atoms with E-state index in [-0.39, 0.29) is 0 Å². The molecule has 1 fully saturated rings. The lowest BCUT2D eigenvalue weighted by Crippen LogP contribution is -2.41. The molecule has 78 valence electrons. The molecule has 1 rings (SSSR count). The normalized spacial score (nSPS) is 25.4. The second kappa shape index (κ2) is 4.02. The fourth-order valence-corrected chi connectivity index (χ4v) is 2.91. The molecule has 0 saturated heterocycles. The van der Waals surface area contributed by atoms with Gasteiger partial charge < -0.3 is 0 Å². The molecule has 0 amide bonds. The Labute approximate surface area is 84.1 Å². The van der Waals surface area contributed by atoms with Crippen LogP contribution in [0, 0.1) is 23.2 Å². The van der Waals surface area contributed by atoms with Gasteiger partial charge in [-0.1, -0.05) is 47.5 Å². The smallest absolute Gasteiger partial charge is 0.0249 e. The van der Waals surface area contributed by atoms with Gasteiger partial charge in [-0.2, -0.15) is 0 Å². The molecule has 0 spiro atoms. The van der Waals surface area contributed by atoms with Gasteiger partial charge in [0.15, 0.2) is 0 Å². The molecule has 0 aromatic heterocycles. The highest BCUT2D eigenvalue weighted by molar-refractivity contribution is 4.92. The third-order valence-corrected chi connectivity index (χ3v) is 4.90. The van der Waals surface area contributed by atoms with Crippen molar-refractivity contribution in [3.63, 3.8) is 0 Å². The summed E-state index contributed by atoms with van der Waals surface area (Å²) in [6, 6.07) is 0.